The molecule has 1 heterocycles. The van der Waals surface area contributed by atoms with Crippen molar-refractivity contribution in [2.45, 2.75) is 45.6 Å². The van der Waals surface area contributed by atoms with Gasteiger partial charge in [0.25, 0.3) is 0 Å². The smallest absolute Gasteiger partial charge is 0.187 e. The van der Waals surface area contributed by atoms with E-state index in [2.05, 4.69) is 23.6 Å². The average Bonchev–Trinajstić information content (AvgIpc) is 2.48. The average molecular weight is 284 g/mol. The van der Waals surface area contributed by atoms with Crippen molar-refractivity contribution >= 4 is 11.5 Å². The van der Waals surface area contributed by atoms with E-state index in [1.165, 1.54) is 19.4 Å². The molecule has 0 unspecified atom stereocenters. The van der Waals surface area contributed by atoms with E-state index in [-0.39, 0.29) is 0 Å². The molecule has 1 atom stereocenters. The van der Waals surface area contributed by atoms with Gasteiger partial charge in [-0.2, -0.15) is 0 Å². The second kappa shape index (κ2) is 7.38. The number of hydrogen-bond acceptors (Lipinski definition) is 2. The Morgan fingerprint density at radius 3 is 2.71 bits per heavy atom. The Bertz CT molecular complexity index is 513. The number of piperidine rings is 1. The Balaban J connectivity index is 1.85. The molecule has 1 saturated heterocycles. The molecule has 1 aliphatic rings. The molecular weight excluding hydrogens is 260 g/mol. The monoisotopic (exact) mass is 284 g/mol. The molecule has 0 radical (unpaired) electrons. The first-order chi connectivity index (χ1) is 10.1. The Kier molecular flexibility index (Phi) is 5.52. The van der Waals surface area contributed by atoms with Gasteiger partial charge in [-0.25, -0.2) is 4.85 Å². The lowest BCUT2D eigenvalue weighted by molar-refractivity contribution is -0.119. The lowest BCUT2D eigenvalue weighted by Crippen LogP contribution is -2.40. The summed E-state index contributed by atoms with van der Waals surface area (Å²) in [6.07, 6.45) is 3.56. The summed E-state index contributed by atoms with van der Waals surface area (Å²) in [6, 6.07) is 7.94. The zero-order chi connectivity index (χ0) is 15.2. The molecule has 1 aromatic carbocycles. The van der Waals surface area contributed by atoms with Gasteiger partial charge in [-0.1, -0.05) is 24.3 Å². The fourth-order valence-electron chi connectivity index (χ4n) is 3.04. The summed E-state index contributed by atoms with van der Waals surface area (Å²) in [6.45, 7) is 13.6. The molecule has 0 aromatic heterocycles. The maximum atomic E-state index is 12.2. The van der Waals surface area contributed by atoms with Crippen LogP contribution in [-0.2, 0) is 11.2 Å². The van der Waals surface area contributed by atoms with Gasteiger partial charge in [0.05, 0.1) is 6.57 Å². The van der Waals surface area contributed by atoms with E-state index in [9.17, 15) is 4.79 Å². The number of ketones is 1. The van der Waals surface area contributed by atoms with E-state index in [4.69, 9.17) is 6.57 Å². The molecule has 21 heavy (non-hydrogen) atoms. The van der Waals surface area contributed by atoms with E-state index in [0.717, 1.165) is 12.1 Å². The number of rotatable bonds is 5. The minimum absolute atomic E-state index is 0.321. The van der Waals surface area contributed by atoms with Crippen molar-refractivity contribution in [3.05, 3.63) is 41.2 Å². The third-order valence-electron chi connectivity index (χ3n) is 4.26. The summed E-state index contributed by atoms with van der Waals surface area (Å²) in [5.74, 6) is 0.831. The Morgan fingerprint density at radius 2 is 2.10 bits per heavy atom. The summed E-state index contributed by atoms with van der Waals surface area (Å²) in [7, 11) is 0. The molecule has 112 valence electrons. The number of nitrogens with zero attached hydrogens (tertiary/aromatic N) is 2. The molecule has 2 rings (SSSR count). The van der Waals surface area contributed by atoms with Gasteiger partial charge in [-0.15, -0.1) is 0 Å². The van der Waals surface area contributed by atoms with Crippen LogP contribution in [0.1, 0.15) is 38.7 Å². The highest BCUT2D eigenvalue weighted by atomic mass is 16.1. The molecule has 1 aromatic rings. The van der Waals surface area contributed by atoms with Crippen LogP contribution < -0.4 is 0 Å². The quantitative estimate of drug-likeness (QED) is 0.767. The van der Waals surface area contributed by atoms with Gasteiger partial charge < -0.3 is 4.90 Å². The number of carbonyl (C=O) groups is 1. The largest absolute Gasteiger partial charge is 0.301 e. The van der Waals surface area contributed by atoms with Crippen molar-refractivity contribution in [3.63, 3.8) is 0 Å². The van der Waals surface area contributed by atoms with Crippen LogP contribution in [0.5, 0.6) is 0 Å². The van der Waals surface area contributed by atoms with E-state index >= 15 is 0 Å². The molecule has 0 amide bonds. The van der Waals surface area contributed by atoms with Crippen molar-refractivity contribution in [2.24, 2.45) is 5.92 Å². The molecule has 0 bridgehead atoms. The first kappa shape index (κ1) is 15.7. The lowest BCUT2D eigenvalue weighted by atomic mass is 9.90. The number of hydrogen-bond donors (Lipinski definition) is 0. The summed E-state index contributed by atoms with van der Waals surface area (Å²) < 4.78 is 0. The van der Waals surface area contributed by atoms with E-state index < -0.39 is 0 Å². The molecule has 0 saturated carbocycles. The maximum absolute atomic E-state index is 12.2. The third-order valence-corrected chi connectivity index (χ3v) is 4.26. The first-order valence-electron chi connectivity index (χ1n) is 7.80. The van der Waals surface area contributed by atoms with Crippen LogP contribution in [0.4, 0.5) is 5.69 Å². The molecule has 1 fully saturated rings. The van der Waals surface area contributed by atoms with E-state index in [0.29, 0.717) is 36.3 Å². The summed E-state index contributed by atoms with van der Waals surface area (Å²) in [5, 5.41) is 0. The standard InChI is InChI=1S/C18H24N2O/c1-14(2)20-10-4-5-16(13-20)12-18(21)11-15-6-8-17(19-3)9-7-15/h6-9,14,16H,4-5,10-13H2,1-2H3/t16-/m0/s1. The molecule has 1 aliphatic heterocycles. The molecule has 3 heteroatoms. The summed E-state index contributed by atoms with van der Waals surface area (Å²) in [5.41, 5.74) is 1.65. The first-order valence-corrected chi connectivity index (χ1v) is 7.80. The van der Waals surface area contributed by atoms with Crippen molar-refractivity contribution in [1.82, 2.24) is 4.90 Å². The minimum atomic E-state index is 0.321. The molecular formula is C18H24N2O. The van der Waals surface area contributed by atoms with Gasteiger partial charge >= 0.3 is 0 Å². The van der Waals surface area contributed by atoms with Crippen molar-refractivity contribution in [2.75, 3.05) is 13.1 Å². The molecule has 0 N–H and O–H groups in total. The number of Topliss-reactive ketones (excluding diaryl/α,β-unsaturated/α-hetero) is 1. The highest BCUT2D eigenvalue weighted by Crippen LogP contribution is 2.22. The molecule has 3 nitrogen and oxygen atoms in total. The number of benzene rings is 1. The zero-order valence-corrected chi connectivity index (χ0v) is 13.0. The Labute approximate surface area is 127 Å². The minimum Gasteiger partial charge on any atom is -0.301 e. The molecule has 0 spiro atoms. The van der Waals surface area contributed by atoms with Crippen molar-refractivity contribution < 1.29 is 4.79 Å². The third kappa shape index (κ3) is 4.68. The summed E-state index contributed by atoms with van der Waals surface area (Å²) >= 11 is 0. The van der Waals surface area contributed by atoms with Crippen LogP contribution in [0.3, 0.4) is 0 Å². The normalized spacial score (nSPS) is 19.4. The van der Waals surface area contributed by atoms with Crippen LogP contribution in [-0.4, -0.2) is 29.8 Å². The van der Waals surface area contributed by atoms with Gasteiger partial charge in [0.15, 0.2) is 5.69 Å². The topological polar surface area (TPSA) is 24.7 Å². The number of likely N-dealkylation sites (tertiary alicyclic amines) is 1. The summed E-state index contributed by atoms with van der Waals surface area (Å²) in [4.78, 5) is 18.1. The van der Waals surface area contributed by atoms with Gasteiger partial charge in [0, 0.05) is 25.4 Å². The highest BCUT2D eigenvalue weighted by Gasteiger charge is 2.23. The van der Waals surface area contributed by atoms with Crippen LogP contribution in [0.25, 0.3) is 4.85 Å². The zero-order valence-electron chi connectivity index (χ0n) is 13.0. The van der Waals surface area contributed by atoms with E-state index in [1.807, 2.05) is 12.1 Å². The fraction of sp³-hybridized carbons (Fsp3) is 0.556. The fourth-order valence-corrected chi connectivity index (χ4v) is 3.04. The van der Waals surface area contributed by atoms with E-state index in [1.54, 1.807) is 12.1 Å². The van der Waals surface area contributed by atoms with Crippen LogP contribution >= 0.6 is 0 Å². The predicted octanol–water partition coefficient (Wildman–Crippen LogP) is 3.86. The SMILES string of the molecule is [C-]#[N+]c1ccc(CC(=O)C[C@@H]2CCCN(C(C)C)C2)cc1. The maximum Gasteiger partial charge on any atom is 0.187 e. The highest BCUT2D eigenvalue weighted by molar-refractivity contribution is 5.81. The molecule has 0 aliphatic carbocycles. The van der Waals surface area contributed by atoms with Crippen molar-refractivity contribution in [1.29, 1.82) is 0 Å². The Morgan fingerprint density at radius 1 is 1.38 bits per heavy atom. The van der Waals surface area contributed by atoms with Crippen LogP contribution in [0.15, 0.2) is 24.3 Å². The second-order valence-electron chi connectivity index (χ2n) is 6.29. The second-order valence-corrected chi connectivity index (χ2v) is 6.29. The number of carbonyl (C=O) groups excluding carboxylic acids is 1. The van der Waals surface area contributed by atoms with Gasteiger partial charge in [-0.05, 0) is 44.7 Å². The van der Waals surface area contributed by atoms with Crippen LogP contribution in [0.2, 0.25) is 0 Å². The van der Waals surface area contributed by atoms with Gasteiger partial charge in [0.1, 0.15) is 5.78 Å². The van der Waals surface area contributed by atoms with Gasteiger partial charge in [-0.3, -0.25) is 4.79 Å². The Hall–Kier alpha value is -1.66. The predicted molar refractivity (Wildman–Crippen MR) is 85.5 cm³/mol. The lowest BCUT2D eigenvalue weighted by Gasteiger charge is -2.35. The van der Waals surface area contributed by atoms with Crippen molar-refractivity contribution in [3.8, 4) is 0 Å². The van der Waals surface area contributed by atoms with Crippen LogP contribution in [0, 0.1) is 12.5 Å². The van der Waals surface area contributed by atoms with Gasteiger partial charge in [0.2, 0.25) is 0 Å².